The second-order valence-electron chi connectivity index (χ2n) is 7.08. The zero-order chi connectivity index (χ0) is 20.5. The van der Waals surface area contributed by atoms with Gasteiger partial charge in [-0.25, -0.2) is 0 Å². The molecule has 0 N–H and O–H groups in total. The fourth-order valence-electron chi connectivity index (χ4n) is 3.24. The molecular weight excluding hydrogens is 394 g/mol. The van der Waals surface area contributed by atoms with E-state index in [0.717, 1.165) is 5.69 Å². The molecule has 0 unspecified atom stereocenters. The first-order valence-corrected chi connectivity index (χ1v) is 9.65. The standard InChI is InChI=1S/C20H22ClN5O3/c1-13-8-16(23-25(13)3)20(27)26(11-17-15(21)10-24(2)22-17)9-14-12-28-18-6-4-5-7-19(18)29-14/h4-8,10,14H,9,11-12H2,1-3H3/t14-/m1/s1. The van der Waals surface area contributed by atoms with Crippen molar-refractivity contribution in [3.8, 4) is 11.5 Å². The topological polar surface area (TPSA) is 74.4 Å². The Balaban J connectivity index is 1.58. The van der Waals surface area contributed by atoms with Gasteiger partial charge in [-0.2, -0.15) is 10.2 Å². The lowest BCUT2D eigenvalue weighted by Crippen LogP contribution is -2.43. The molecule has 0 spiro atoms. The molecule has 3 heterocycles. The highest BCUT2D eigenvalue weighted by molar-refractivity contribution is 6.31. The molecule has 29 heavy (non-hydrogen) atoms. The summed E-state index contributed by atoms with van der Waals surface area (Å²) in [7, 11) is 3.60. The Morgan fingerprint density at radius 3 is 2.69 bits per heavy atom. The minimum absolute atomic E-state index is 0.210. The third-order valence-corrected chi connectivity index (χ3v) is 5.12. The zero-order valence-corrected chi connectivity index (χ0v) is 17.3. The smallest absolute Gasteiger partial charge is 0.274 e. The SMILES string of the molecule is Cc1cc(C(=O)N(Cc2nn(C)cc2Cl)C[C@@H]2COc3ccccc3O2)nn1C. The summed E-state index contributed by atoms with van der Waals surface area (Å²) < 4.78 is 15.1. The second kappa shape index (κ2) is 7.79. The van der Waals surface area contributed by atoms with Crippen LogP contribution in [0.4, 0.5) is 0 Å². The summed E-state index contributed by atoms with van der Waals surface area (Å²) in [5, 5.41) is 9.20. The van der Waals surface area contributed by atoms with Crippen LogP contribution in [0.2, 0.25) is 5.02 Å². The summed E-state index contributed by atoms with van der Waals surface area (Å²) in [6.45, 7) is 2.81. The molecule has 3 aromatic rings. The molecule has 1 aromatic carbocycles. The number of rotatable bonds is 5. The fraction of sp³-hybridized carbons (Fsp3) is 0.350. The van der Waals surface area contributed by atoms with Gasteiger partial charge < -0.3 is 14.4 Å². The lowest BCUT2D eigenvalue weighted by molar-refractivity contribution is 0.0437. The highest BCUT2D eigenvalue weighted by atomic mass is 35.5. The number of benzene rings is 1. The maximum atomic E-state index is 13.2. The molecular formula is C20H22ClN5O3. The molecule has 152 valence electrons. The van der Waals surface area contributed by atoms with Crippen LogP contribution < -0.4 is 9.47 Å². The molecule has 0 saturated heterocycles. The Bertz CT molecular complexity index is 1030. The molecule has 1 atom stereocenters. The summed E-state index contributed by atoms with van der Waals surface area (Å²) in [5.41, 5.74) is 1.89. The summed E-state index contributed by atoms with van der Waals surface area (Å²) in [6.07, 6.45) is 1.39. The fourth-order valence-corrected chi connectivity index (χ4v) is 3.48. The van der Waals surface area contributed by atoms with Crippen LogP contribution in [0, 0.1) is 6.92 Å². The summed E-state index contributed by atoms with van der Waals surface area (Å²) >= 11 is 6.28. The van der Waals surface area contributed by atoms with Gasteiger partial charge >= 0.3 is 0 Å². The van der Waals surface area contributed by atoms with Gasteiger partial charge in [-0.15, -0.1) is 0 Å². The van der Waals surface area contributed by atoms with Gasteiger partial charge in [0.05, 0.1) is 18.1 Å². The number of nitrogens with zero attached hydrogens (tertiary/aromatic N) is 5. The van der Waals surface area contributed by atoms with Crippen molar-refractivity contribution in [1.29, 1.82) is 0 Å². The minimum atomic E-state index is -0.318. The number of aryl methyl sites for hydroxylation is 3. The maximum Gasteiger partial charge on any atom is 0.274 e. The Labute approximate surface area is 173 Å². The number of amides is 1. The van der Waals surface area contributed by atoms with E-state index in [1.54, 1.807) is 40.6 Å². The van der Waals surface area contributed by atoms with Crippen molar-refractivity contribution in [2.75, 3.05) is 13.2 Å². The van der Waals surface area contributed by atoms with Gasteiger partial charge in [0.1, 0.15) is 12.3 Å². The summed E-state index contributed by atoms with van der Waals surface area (Å²) in [5.74, 6) is 1.16. The lowest BCUT2D eigenvalue weighted by Gasteiger charge is -2.31. The van der Waals surface area contributed by atoms with Gasteiger partial charge in [-0.05, 0) is 25.1 Å². The van der Waals surface area contributed by atoms with Crippen molar-refractivity contribution in [2.45, 2.75) is 19.6 Å². The van der Waals surface area contributed by atoms with Gasteiger partial charge in [-0.1, -0.05) is 23.7 Å². The van der Waals surface area contributed by atoms with E-state index in [1.165, 1.54) is 0 Å². The van der Waals surface area contributed by atoms with E-state index >= 15 is 0 Å². The van der Waals surface area contributed by atoms with Gasteiger partial charge in [0.25, 0.3) is 5.91 Å². The van der Waals surface area contributed by atoms with E-state index in [4.69, 9.17) is 21.1 Å². The highest BCUT2D eigenvalue weighted by Gasteiger charge is 2.28. The molecule has 9 heteroatoms. The number of fused-ring (bicyclic) bond motifs is 1. The Morgan fingerprint density at radius 1 is 1.28 bits per heavy atom. The molecule has 0 saturated carbocycles. The van der Waals surface area contributed by atoms with Crippen molar-refractivity contribution in [3.63, 3.8) is 0 Å². The average molecular weight is 416 g/mol. The molecule has 8 nitrogen and oxygen atoms in total. The van der Waals surface area contributed by atoms with Crippen molar-refractivity contribution < 1.29 is 14.3 Å². The monoisotopic (exact) mass is 415 g/mol. The number of hydrogen-bond acceptors (Lipinski definition) is 5. The first kappa shape index (κ1) is 19.3. The quantitative estimate of drug-likeness (QED) is 0.640. The predicted molar refractivity (Wildman–Crippen MR) is 107 cm³/mol. The number of ether oxygens (including phenoxy) is 2. The zero-order valence-electron chi connectivity index (χ0n) is 16.5. The van der Waals surface area contributed by atoms with E-state index in [9.17, 15) is 4.79 Å². The Hall–Kier alpha value is -3.00. The molecule has 2 aromatic heterocycles. The molecule has 0 aliphatic carbocycles. The van der Waals surface area contributed by atoms with Crippen LogP contribution in [-0.2, 0) is 20.6 Å². The minimum Gasteiger partial charge on any atom is -0.486 e. The number of carbonyl (C=O) groups excluding carboxylic acids is 1. The van der Waals surface area contributed by atoms with Crippen LogP contribution in [0.3, 0.4) is 0 Å². The normalized spacial score (nSPS) is 15.4. The van der Waals surface area contributed by atoms with Crippen LogP contribution in [0.15, 0.2) is 36.5 Å². The van der Waals surface area contributed by atoms with Crippen molar-refractivity contribution in [1.82, 2.24) is 24.5 Å². The van der Waals surface area contributed by atoms with Crippen molar-refractivity contribution in [3.05, 3.63) is 58.6 Å². The number of para-hydroxylation sites is 2. The average Bonchev–Trinajstić information content (AvgIpc) is 3.20. The maximum absolute atomic E-state index is 13.2. The molecule has 4 rings (SSSR count). The van der Waals surface area contributed by atoms with Crippen LogP contribution in [-0.4, -0.2) is 49.6 Å². The number of hydrogen-bond donors (Lipinski definition) is 0. The van der Waals surface area contributed by atoms with Crippen molar-refractivity contribution >= 4 is 17.5 Å². The molecule has 0 fully saturated rings. The van der Waals surface area contributed by atoms with Crippen LogP contribution in [0.5, 0.6) is 11.5 Å². The molecule has 0 radical (unpaired) electrons. The largest absolute Gasteiger partial charge is 0.486 e. The number of aromatic nitrogens is 4. The summed E-state index contributed by atoms with van der Waals surface area (Å²) in [4.78, 5) is 14.9. The third-order valence-electron chi connectivity index (χ3n) is 4.81. The van der Waals surface area contributed by atoms with Crippen LogP contribution in [0.1, 0.15) is 21.9 Å². The van der Waals surface area contributed by atoms with E-state index in [0.29, 0.717) is 41.1 Å². The van der Waals surface area contributed by atoms with Gasteiger partial charge in [-0.3, -0.25) is 14.2 Å². The molecule has 1 amide bonds. The van der Waals surface area contributed by atoms with E-state index in [2.05, 4.69) is 10.2 Å². The van der Waals surface area contributed by atoms with Gasteiger partial charge in [0.15, 0.2) is 23.3 Å². The first-order valence-electron chi connectivity index (χ1n) is 9.27. The molecule has 0 bridgehead atoms. The van der Waals surface area contributed by atoms with Gasteiger partial charge in [0.2, 0.25) is 0 Å². The van der Waals surface area contributed by atoms with Crippen LogP contribution >= 0.6 is 11.6 Å². The predicted octanol–water partition coefficient (Wildman–Crippen LogP) is 2.60. The Kier molecular flexibility index (Phi) is 5.19. The first-order chi connectivity index (χ1) is 13.9. The number of halogens is 1. The molecule has 1 aliphatic heterocycles. The van der Waals surface area contributed by atoms with Gasteiger partial charge in [0, 0.05) is 26.0 Å². The highest BCUT2D eigenvalue weighted by Crippen LogP contribution is 2.31. The van der Waals surface area contributed by atoms with Crippen LogP contribution in [0.25, 0.3) is 0 Å². The number of carbonyl (C=O) groups is 1. The Morgan fingerprint density at radius 2 is 2.03 bits per heavy atom. The van der Waals surface area contributed by atoms with E-state index in [1.807, 2.05) is 31.2 Å². The van der Waals surface area contributed by atoms with Crippen molar-refractivity contribution in [2.24, 2.45) is 14.1 Å². The van der Waals surface area contributed by atoms with E-state index < -0.39 is 0 Å². The summed E-state index contributed by atoms with van der Waals surface area (Å²) in [6, 6.07) is 9.26. The van der Waals surface area contributed by atoms with E-state index in [-0.39, 0.29) is 18.6 Å². The second-order valence-corrected chi connectivity index (χ2v) is 7.48. The lowest BCUT2D eigenvalue weighted by atomic mass is 10.2. The molecule has 1 aliphatic rings. The third kappa shape index (κ3) is 4.07.